The fourth-order valence-corrected chi connectivity index (χ4v) is 4.26. The van der Waals surface area contributed by atoms with Gasteiger partial charge in [0.15, 0.2) is 11.5 Å². The number of nitrogens with zero attached hydrogens (tertiary/aromatic N) is 2. The van der Waals surface area contributed by atoms with Crippen LogP contribution in [0.2, 0.25) is 0 Å². The highest BCUT2D eigenvalue weighted by Crippen LogP contribution is 2.32. The minimum absolute atomic E-state index is 0.0228. The Labute approximate surface area is 174 Å². The first kappa shape index (κ1) is 19.7. The number of ether oxygens (including phenoxy) is 2. The minimum Gasteiger partial charge on any atom is -0.486 e. The molecule has 1 aromatic carbocycles. The molecule has 1 aromatic heterocycles. The van der Waals surface area contributed by atoms with E-state index in [2.05, 4.69) is 10.2 Å². The average Bonchev–Trinajstić information content (AvgIpc) is 3.28. The highest BCUT2D eigenvalue weighted by molar-refractivity contribution is 7.12. The number of hydrogen-bond acceptors (Lipinski definition) is 6. The molecular weight excluding hydrogens is 390 g/mol. The number of hydrogen-bond donors (Lipinski definition) is 1. The molecule has 1 fully saturated rings. The molecule has 3 heterocycles. The predicted octanol–water partition coefficient (Wildman–Crippen LogP) is 2.15. The Morgan fingerprint density at radius 3 is 2.59 bits per heavy atom. The summed E-state index contributed by atoms with van der Waals surface area (Å²) in [6.45, 7) is 6.06. The minimum atomic E-state index is -0.125. The number of fused-ring (bicyclic) bond motifs is 1. The molecule has 154 valence electrons. The topological polar surface area (TPSA) is 71.1 Å². The summed E-state index contributed by atoms with van der Waals surface area (Å²) in [5.41, 5.74) is 0.981. The van der Waals surface area contributed by atoms with Gasteiger partial charge < -0.3 is 19.7 Å². The summed E-state index contributed by atoms with van der Waals surface area (Å²) < 4.78 is 11.2. The Morgan fingerprint density at radius 1 is 1.10 bits per heavy atom. The van der Waals surface area contributed by atoms with Gasteiger partial charge in [0.1, 0.15) is 13.2 Å². The van der Waals surface area contributed by atoms with Gasteiger partial charge in [-0.2, -0.15) is 0 Å². The summed E-state index contributed by atoms with van der Waals surface area (Å²) in [5.74, 6) is 1.52. The van der Waals surface area contributed by atoms with Gasteiger partial charge in [0, 0.05) is 26.2 Å². The lowest BCUT2D eigenvalue weighted by molar-refractivity contribution is -0.123. The monoisotopic (exact) mass is 415 g/mol. The second-order valence-corrected chi connectivity index (χ2v) is 8.19. The predicted molar refractivity (Wildman–Crippen MR) is 111 cm³/mol. The van der Waals surface area contributed by atoms with E-state index >= 15 is 0 Å². The number of carbonyl (C=O) groups is 2. The van der Waals surface area contributed by atoms with Gasteiger partial charge in [0.05, 0.1) is 17.5 Å². The van der Waals surface area contributed by atoms with Crippen LogP contribution < -0.4 is 14.8 Å². The van der Waals surface area contributed by atoms with Crippen LogP contribution in [0.25, 0.3) is 0 Å². The number of piperazine rings is 1. The summed E-state index contributed by atoms with van der Waals surface area (Å²) >= 11 is 1.46. The van der Waals surface area contributed by atoms with Gasteiger partial charge >= 0.3 is 0 Å². The van der Waals surface area contributed by atoms with E-state index in [9.17, 15) is 9.59 Å². The number of thiophene rings is 1. The molecule has 7 nitrogen and oxygen atoms in total. The van der Waals surface area contributed by atoms with Crippen molar-refractivity contribution in [2.45, 2.75) is 13.0 Å². The Kier molecular flexibility index (Phi) is 6.01. The first-order valence-electron chi connectivity index (χ1n) is 9.84. The first-order valence-corrected chi connectivity index (χ1v) is 10.7. The van der Waals surface area contributed by atoms with E-state index in [4.69, 9.17) is 9.47 Å². The number of benzene rings is 1. The molecule has 0 radical (unpaired) electrons. The van der Waals surface area contributed by atoms with Crippen LogP contribution in [-0.4, -0.2) is 67.6 Å². The molecule has 1 atom stereocenters. The highest BCUT2D eigenvalue weighted by Gasteiger charge is 2.24. The lowest BCUT2D eigenvalue weighted by Crippen LogP contribution is -2.51. The molecule has 2 amide bonds. The van der Waals surface area contributed by atoms with Crippen molar-refractivity contribution >= 4 is 23.2 Å². The summed E-state index contributed by atoms with van der Waals surface area (Å²) in [6, 6.07) is 9.38. The SMILES string of the molecule is CC(NC(=O)CN1CCN(C(=O)c2cccs2)CC1)c1ccc2c(c1)OCCO2. The third kappa shape index (κ3) is 4.71. The number of rotatable bonds is 5. The second-order valence-electron chi connectivity index (χ2n) is 7.24. The molecule has 1 unspecified atom stereocenters. The first-order chi connectivity index (χ1) is 14.1. The maximum absolute atomic E-state index is 12.5. The van der Waals surface area contributed by atoms with Crippen molar-refractivity contribution in [3.8, 4) is 11.5 Å². The van der Waals surface area contributed by atoms with Crippen LogP contribution in [0.5, 0.6) is 11.5 Å². The highest BCUT2D eigenvalue weighted by atomic mass is 32.1. The zero-order valence-corrected chi connectivity index (χ0v) is 17.2. The normalized spacial score (nSPS) is 17.6. The maximum atomic E-state index is 12.5. The van der Waals surface area contributed by atoms with Crippen molar-refractivity contribution in [2.24, 2.45) is 0 Å². The fraction of sp³-hybridized carbons (Fsp3) is 0.429. The van der Waals surface area contributed by atoms with Gasteiger partial charge in [0.25, 0.3) is 5.91 Å². The molecule has 0 bridgehead atoms. The van der Waals surface area contributed by atoms with Crippen LogP contribution >= 0.6 is 11.3 Å². The number of nitrogens with one attached hydrogen (secondary N) is 1. The van der Waals surface area contributed by atoms with Crippen molar-refractivity contribution in [3.05, 3.63) is 46.2 Å². The summed E-state index contributed by atoms with van der Waals surface area (Å²) in [5, 5.41) is 4.96. The molecular formula is C21H25N3O4S. The van der Waals surface area contributed by atoms with Crippen molar-refractivity contribution in [1.29, 1.82) is 0 Å². The van der Waals surface area contributed by atoms with Crippen LogP contribution in [0.4, 0.5) is 0 Å². The summed E-state index contributed by atoms with van der Waals surface area (Å²) in [4.78, 5) is 29.6. The second kappa shape index (κ2) is 8.84. The third-order valence-corrected chi connectivity index (χ3v) is 6.06. The van der Waals surface area contributed by atoms with Crippen molar-refractivity contribution < 1.29 is 19.1 Å². The van der Waals surface area contributed by atoms with E-state index in [1.165, 1.54) is 11.3 Å². The molecule has 2 aliphatic rings. The lowest BCUT2D eigenvalue weighted by Gasteiger charge is -2.34. The molecule has 1 N–H and O–H groups in total. The van der Waals surface area contributed by atoms with Crippen LogP contribution in [0.15, 0.2) is 35.7 Å². The molecule has 2 aliphatic heterocycles. The van der Waals surface area contributed by atoms with Crippen LogP contribution in [0.1, 0.15) is 28.2 Å². The quantitative estimate of drug-likeness (QED) is 0.810. The van der Waals surface area contributed by atoms with Gasteiger partial charge in [-0.3, -0.25) is 14.5 Å². The van der Waals surface area contributed by atoms with Crippen LogP contribution in [0.3, 0.4) is 0 Å². The maximum Gasteiger partial charge on any atom is 0.264 e. The van der Waals surface area contributed by atoms with E-state index in [0.717, 1.165) is 21.9 Å². The van der Waals surface area contributed by atoms with Crippen molar-refractivity contribution in [2.75, 3.05) is 45.9 Å². The molecule has 2 aromatic rings. The van der Waals surface area contributed by atoms with Crippen LogP contribution in [-0.2, 0) is 4.79 Å². The molecule has 29 heavy (non-hydrogen) atoms. The van der Waals surface area contributed by atoms with Gasteiger partial charge in [-0.15, -0.1) is 11.3 Å². The standard InChI is InChI=1S/C21H25N3O4S/c1-15(16-4-5-17-18(13-16)28-11-10-27-17)22-20(25)14-23-6-8-24(9-7-23)21(26)19-3-2-12-29-19/h2-5,12-13,15H,6-11,14H2,1H3,(H,22,25). The smallest absolute Gasteiger partial charge is 0.264 e. The van der Waals surface area contributed by atoms with Gasteiger partial charge in [-0.25, -0.2) is 0 Å². The summed E-state index contributed by atoms with van der Waals surface area (Å²) in [7, 11) is 0. The van der Waals surface area contributed by atoms with Gasteiger partial charge in [-0.1, -0.05) is 12.1 Å². The Morgan fingerprint density at radius 2 is 1.86 bits per heavy atom. The largest absolute Gasteiger partial charge is 0.486 e. The van der Waals surface area contributed by atoms with Crippen LogP contribution in [0, 0.1) is 0 Å². The number of amides is 2. The lowest BCUT2D eigenvalue weighted by atomic mass is 10.1. The third-order valence-electron chi connectivity index (χ3n) is 5.20. The van der Waals surface area contributed by atoms with E-state index in [-0.39, 0.29) is 17.9 Å². The Bertz CT molecular complexity index is 863. The van der Waals surface area contributed by atoms with E-state index < -0.39 is 0 Å². The molecule has 0 aliphatic carbocycles. The molecule has 4 rings (SSSR count). The fourth-order valence-electron chi connectivity index (χ4n) is 3.57. The van der Waals surface area contributed by atoms with E-state index in [1.54, 1.807) is 0 Å². The van der Waals surface area contributed by atoms with E-state index in [1.807, 2.05) is 47.5 Å². The molecule has 0 saturated carbocycles. The van der Waals surface area contributed by atoms with Crippen molar-refractivity contribution in [3.63, 3.8) is 0 Å². The molecule has 8 heteroatoms. The number of carbonyl (C=O) groups excluding carboxylic acids is 2. The van der Waals surface area contributed by atoms with Crippen molar-refractivity contribution in [1.82, 2.24) is 15.1 Å². The zero-order chi connectivity index (χ0) is 20.2. The van der Waals surface area contributed by atoms with E-state index in [0.29, 0.717) is 45.9 Å². The molecule has 1 saturated heterocycles. The average molecular weight is 416 g/mol. The Hall–Kier alpha value is -2.58. The van der Waals surface area contributed by atoms with Gasteiger partial charge in [-0.05, 0) is 36.1 Å². The summed E-state index contributed by atoms with van der Waals surface area (Å²) in [6.07, 6.45) is 0. The molecule has 0 spiro atoms. The van der Waals surface area contributed by atoms with Gasteiger partial charge in [0.2, 0.25) is 5.91 Å². The zero-order valence-electron chi connectivity index (χ0n) is 16.4. The Balaban J connectivity index is 1.25.